The summed E-state index contributed by atoms with van der Waals surface area (Å²) in [6, 6.07) is 12.4. The first kappa shape index (κ1) is 20.5. The Balaban J connectivity index is 1.93. The van der Waals surface area contributed by atoms with Crippen molar-refractivity contribution in [3.8, 4) is 11.5 Å². The second kappa shape index (κ2) is 10.4. The van der Waals surface area contributed by atoms with E-state index in [-0.39, 0.29) is 5.97 Å². The zero-order valence-corrected chi connectivity index (χ0v) is 16.5. The molecule has 0 spiro atoms. The molecule has 6 nitrogen and oxygen atoms in total. The lowest BCUT2D eigenvalue weighted by atomic mass is 10.2. The molecule has 0 aliphatic rings. The van der Waals surface area contributed by atoms with Crippen molar-refractivity contribution < 1.29 is 19.0 Å². The molecule has 2 aromatic carbocycles. The maximum absolute atomic E-state index is 11.9. The second-order valence-electron chi connectivity index (χ2n) is 5.72. The van der Waals surface area contributed by atoms with Gasteiger partial charge in [0.05, 0.1) is 26.4 Å². The smallest absolute Gasteiger partial charge is 0.338 e. The third kappa shape index (κ3) is 6.14. The number of unbranched alkanes of at least 4 members (excludes halogenated alkanes) is 1. The summed E-state index contributed by atoms with van der Waals surface area (Å²) in [5, 5.41) is 6.57. The fourth-order valence-corrected chi connectivity index (χ4v) is 2.53. The number of rotatable bonds is 8. The molecule has 0 unspecified atom stereocenters. The van der Waals surface area contributed by atoms with Crippen LogP contribution in [0.3, 0.4) is 0 Å². The van der Waals surface area contributed by atoms with Crippen molar-refractivity contribution in [3.05, 3.63) is 48.0 Å². The molecule has 0 aliphatic heterocycles. The molecule has 27 heavy (non-hydrogen) atoms. The van der Waals surface area contributed by atoms with E-state index in [1.807, 2.05) is 13.0 Å². The maximum atomic E-state index is 11.9. The van der Waals surface area contributed by atoms with Gasteiger partial charge in [0.2, 0.25) is 0 Å². The fourth-order valence-electron chi connectivity index (χ4n) is 2.29. The minimum atomic E-state index is -0.318. The van der Waals surface area contributed by atoms with Crippen LogP contribution in [0.5, 0.6) is 11.5 Å². The average molecular weight is 388 g/mol. The Kier molecular flexibility index (Phi) is 7.88. The molecule has 2 N–H and O–H groups in total. The number of benzene rings is 2. The van der Waals surface area contributed by atoms with Crippen LogP contribution in [0, 0.1) is 0 Å². The standard InChI is InChI=1S/C20H24N2O4S/c1-4-5-12-26-19(23)14-6-8-15(9-7-14)21-20(27)22-16-10-11-17(24-2)18(13-16)25-3/h6-11,13H,4-5,12H2,1-3H3,(H2,21,22,27). The van der Waals surface area contributed by atoms with Gasteiger partial charge in [-0.25, -0.2) is 4.79 Å². The monoisotopic (exact) mass is 388 g/mol. The lowest BCUT2D eigenvalue weighted by Gasteiger charge is -2.13. The van der Waals surface area contributed by atoms with Crippen LogP contribution in [-0.2, 0) is 4.74 Å². The Morgan fingerprint density at radius 3 is 2.22 bits per heavy atom. The van der Waals surface area contributed by atoms with Crippen LogP contribution in [0.25, 0.3) is 0 Å². The van der Waals surface area contributed by atoms with E-state index in [4.69, 9.17) is 26.4 Å². The first-order valence-electron chi connectivity index (χ1n) is 8.64. The van der Waals surface area contributed by atoms with Gasteiger partial charge in [-0.1, -0.05) is 13.3 Å². The predicted molar refractivity (Wildman–Crippen MR) is 111 cm³/mol. The van der Waals surface area contributed by atoms with E-state index in [1.54, 1.807) is 50.6 Å². The van der Waals surface area contributed by atoms with Crippen molar-refractivity contribution in [3.63, 3.8) is 0 Å². The molecule has 0 atom stereocenters. The normalized spacial score (nSPS) is 10.0. The number of carbonyl (C=O) groups excluding carboxylic acids is 1. The Bertz CT molecular complexity index is 778. The van der Waals surface area contributed by atoms with E-state index in [0.717, 1.165) is 24.2 Å². The largest absolute Gasteiger partial charge is 0.493 e. The highest BCUT2D eigenvalue weighted by Gasteiger charge is 2.08. The first-order chi connectivity index (χ1) is 13.1. The van der Waals surface area contributed by atoms with E-state index < -0.39 is 0 Å². The van der Waals surface area contributed by atoms with E-state index >= 15 is 0 Å². The molecule has 0 radical (unpaired) electrons. The molecule has 0 fully saturated rings. The van der Waals surface area contributed by atoms with E-state index in [9.17, 15) is 4.79 Å². The summed E-state index contributed by atoms with van der Waals surface area (Å²) >= 11 is 5.33. The number of hydrogen-bond acceptors (Lipinski definition) is 5. The Morgan fingerprint density at radius 2 is 1.59 bits per heavy atom. The quantitative estimate of drug-likeness (QED) is 0.393. The van der Waals surface area contributed by atoms with Crippen LogP contribution in [-0.4, -0.2) is 31.9 Å². The van der Waals surface area contributed by atoms with Crippen molar-refractivity contribution in [2.24, 2.45) is 0 Å². The molecular formula is C20H24N2O4S. The molecule has 0 aliphatic carbocycles. The molecule has 0 aromatic heterocycles. The van der Waals surface area contributed by atoms with Crippen LogP contribution in [0.15, 0.2) is 42.5 Å². The number of esters is 1. The Hall–Kier alpha value is -2.80. The fraction of sp³-hybridized carbons (Fsp3) is 0.300. The number of methoxy groups -OCH3 is 2. The Labute approximate surface area is 164 Å². The lowest BCUT2D eigenvalue weighted by molar-refractivity contribution is 0.0500. The molecule has 0 saturated heterocycles. The van der Waals surface area contributed by atoms with Gasteiger partial charge in [0.15, 0.2) is 16.6 Å². The highest BCUT2D eigenvalue weighted by molar-refractivity contribution is 7.80. The zero-order chi connectivity index (χ0) is 19.6. The molecule has 2 rings (SSSR count). The summed E-state index contributed by atoms with van der Waals surface area (Å²) in [4.78, 5) is 11.9. The summed E-state index contributed by atoms with van der Waals surface area (Å²) in [6.07, 6.45) is 1.85. The van der Waals surface area contributed by atoms with Crippen LogP contribution in [0.4, 0.5) is 11.4 Å². The van der Waals surface area contributed by atoms with Crippen LogP contribution < -0.4 is 20.1 Å². The van der Waals surface area contributed by atoms with E-state index in [0.29, 0.717) is 28.8 Å². The molecule has 0 bridgehead atoms. The van der Waals surface area contributed by atoms with Crippen LogP contribution >= 0.6 is 12.2 Å². The van der Waals surface area contributed by atoms with Gasteiger partial charge < -0.3 is 24.8 Å². The molecule has 7 heteroatoms. The Morgan fingerprint density at radius 1 is 0.963 bits per heavy atom. The second-order valence-corrected chi connectivity index (χ2v) is 6.12. The maximum Gasteiger partial charge on any atom is 0.338 e. The van der Waals surface area contributed by atoms with Gasteiger partial charge in [-0.15, -0.1) is 0 Å². The van der Waals surface area contributed by atoms with Gasteiger partial charge >= 0.3 is 5.97 Å². The van der Waals surface area contributed by atoms with E-state index in [1.165, 1.54) is 0 Å². The number of anilines is 2. The van der Waals surface area contributed by atoms with Gasteiger partial charge in [0.25, 0.3) is 0 Å². The van der Waals surface area contributed by atoms with Gasteiger partial charge in [-0.3, -0.25) is 0 Å². The first-order valence-corrected chi connectivity index (χ1v) is 9.05. The van der Waals surface area contributed by atoms with Crippen molar-refractivity contribution >= 4 is 34.7 Å². The van der Waals surface area contributed by atoms with Gasteiger partial charge in [-0.05, 0) is 55.0 Å². The summed E-state index contributed by atoms with van der Waals surface area (Å²) in [5.74, 6) is 0.931. The number of hydrogen-bond donors (Lipinski definition) is 2. The summed E-state index contributed by atoms with van der Waals surface area (Å²) in [5.41, 5.74) is 2.04. The number of thiocarbonyl (C=S) groups is 1. The highest BCUT2D eigenvalue weighted by atomic mass is 32.1. The van der Waals surface area contributed by atoms with Gasteiger partial charge in [0.1, 0.15) is 0 Å². The summed E-state index contributed by atoms with van der Waals surface area (Å²) in [7, 11) is 3.16. The molecule has 144 valence electrons. The third-order valence-corrected chi connectivity index (χ3v) is 3.96. The van der Waals surface area contributed by atoms with Crippen molar-refractivity contribution in [1.29, 1.82) is 0 Å². The average Bonchev–Trinajstić information content (AvgIpc) is 2.68. The highest BCUT2D eigenvalue weighted by Crippen LogP contribution is 2.29. The lowest BCUT2D eigenvalue weighted by Crippen LogP contribution is -2.19. The van der Waals surface area contributed by atoms with Crippen LogP contribution in [0.1, 0.15) is 30.1 Å². The topological polar surface area (TPSA) is 68.8 Å². The SMILES string of the molecule is CCCCOC(=O)c1ccc(NC(=S)Nc2ccc(OC)c(OC)c2)cc1. The minimum absolute atomic E-state index is 0.318. The van der Waals surface area contributed by atoms with Crippen molar-refractivity contribution in [2.75, 3.05) is 31.5 Å². The number of nitrogens with one attached hydrogen (secondary N) is 2. The van der Waals surface area contributed by atoms with Crippen LogP contribution in [0.2, 0.25) is 0 Å². The predicted octanol–water partition coefficient (Wildman–Crippen LogP) is 4.47. The van der Waals surface area contributed by atoms with Crippen molar-refractivity contribution in [1.82, 2.24) is 0 Å². The summed E-state index contributed by atoms with van der Waals surface area (Å²) in [6.45, 7) is 2.49. The van der Waals surface area contributed by atoms with Crippen molar-refractivity contribution in [2.45, 2.75) is 19.8 Å². The molecule has 0 heterocycles. The summed E-state index contributed by atoms with van der Waals surface area (Å²) < 4.78 is 15.7. The molecule has 0 saturated carbocycles. The molecular weight excluding hydrogens is 364 g/mol. The van der Waals surface area contributed by atoms with Gasteiger partial charge in [-0.2, -0.15) is 0 Å². The number of carbonyl (C=O) groups is 1. The zero-order valence-electron chi connectivity index (χ0n) is 15.7. The van der Waals surface area contributed by atoms with E-state index in [2.05, 4.69) is 10.6 Å². The minimum Gasteiger partial charge on any atom is -0.493 e. The third-order valence-electron chi connectivity index (χ3n) is 3.75. The van der Waals surface area contributed by atoms with Gasteiger partial charge in [0, 0.05) is 17.4 Å². The molecule has 0 amide bonds. The molecule has 2 aromatic rings. The number of ether oxygens (including phenoxy) is 3.